The first-order chi connectivity index (χ1) is 13.0. The van der Waals surface area contributed by atoms with Gasteiger partial charge in [0.2, 0.25) is 0 Å². The molecule has 0 amide bonds. The molecule has 4 atom stereocenters. The van der Waals surface area contributed by atoms with E-state index < -0.39 is 31.1 Å². The van der Waals surface area contributed by atoms with Gasteiger partial charge in [0, 0.05) is 0 Å². The Morgan fingerprint density at radius 3 is 2.59 bits per heavy atom. The molecule has 2 aromatic heterocycles. The van der Waals surface area contributed by atoms with E-state index in [9.17, 15) is 20.1 Å². The monoisotopic (exact) mass is 374 g/mol. The second-order valence-corrected chi connectivity index (χ2v) is 6.17. The smallest absolute Gasteiger partial charge is 0.269 e. The lowest BCUT2D eigenvalue weighted by Gasteiger charge is -2.15. The zero-order valence-corrected chi connectivity index (χ0v) is 14.3. The van der Waals surface area contributed by atoms with Crippen molar-refractivity contribution in [3.05, 3.63) is 47.1 Å². The molecule has 0 bridgehead atoms. The maximum Gasteiger partial charge on any atom is 0.269 e. The summed E-state index contributed by atoms with van der Waals surface area (Å²) in [7, 11) is 1.56. The number of aromatic nitrogens is 4. The summed E-state index contributed by atoms with van der Waals surface area (Å²) >= 11 is 0. The Labute approximate surface area is 152 Å². The summed E-state index contributed by atoms with van der Waals surface area (Å²) in [6, 6.07) is 6.91. The van der Waals surface area contributed by atoms with Gasteiger partial charge >= 0.3 is 0 Å². The molecule has 1 aromatic carbocycles. The summed E-state index contributed by atoms with van der Waals surface area (Å²) in [6.07, 6.45) is -1.89. The highest BCUT2D eigenvalue weighted by Crippen LogP contribution is 2.30. The van der Waals surface area contributed by atoms with Crippen molar-refractivity contribution in [1.29, 1.82) is 0 Å². The van der Waals surface area contributed by atoms with Crippen LogP contribution in [-0.2, 0) is 4.74 Å². The highest BCUT2D eigenvalue weighted by Gasteiger charge is 2.44. The van der Waals surface area contributed by atoms with Crippen LogP contribution in [0.5, 0.6) is 5.75 Å². The van der Waals surface area contributed by atoms with Gasteiger partial charge in [-0.2, -0.15) is 5.10 Å². The van der Waals surface area contributed by atoms with Gasteiger partial charge < -0.3 is 24.8 Å². The molecule has 4 rings (SSSR count). The summed E-state index contributed by atoms with van der Waals surface area (Å²) in [5.74, 6) is 0.665. The van der Waals surface area contributed by atoms with E-state index in [1.54, 1.807) is 31.4 Å². The van der Waals surface area contributed by atoms with E-state index in [1.807, 2.05) is 0 Å². The highest BCUT2D eigenvalue weighted by atomic mass is 16.6. The summed E-state index contributed by atoms with van der Waals surface area (Å²) in [5.41, 5.74) is 0.471. The Morgan fingerprint density at radius 2 is 1.96 bits per heavy atom. The van der Waals surface area contributed by atoms with Crippen molar-refractivity contribution in [2.24, 2.45) is 0 Å². The number of benzene rings is 1. The van der Waals surface area contributed by atoms with Crippen LogP contribution in [0.15, 0.2) is 41.6 Å². The molecule has 3 heterocycles. The molecule has 0 spiro atoms. The topological polar surface area (TPSA) is 132 Å². The lowest BCUT2D eigenvalue weighted by molar-refractivity contribution is -0.0566. The zero-order valence-electron chi connectivity index (χ0n) is 14.3. The molecule has 1 aliphatic heterocycles. The molecule has 142 valence electrons. The largest absolute Gasteiger partial charge is 0.497 e. The number of aliphatic hydroxyl groups excluding tert-OH is 3. The normalized spacial score (nSPS) is 25.2. The van der Waals surface area contributed by atoms with Crippen LogP contribution in [0.1, 0.15) is 6.23 Å². The van der Waals surface area contributed by atoms with Crippen LogP contribution in [0.25, 0.3) is 16.7 Å². The molecule has 3 aromatic rings. The molecule has 1 fully saturated rings. The van der Waals surface area contributed by atoms with Crippen LogP contribution in [-0.4, -0.2) is 66.7 Å². The first-order valence-corrected chi connectivity index (χ1v) is 8.27. The molecular formula is C17H18N4O6. The molecule has 1 aliphatic rings. The second kappa shape index (κ2) is 6.74. The third kappa shape index (κ3) is 2.79. The van der Waals surface area contributed by atoms with Gasteiger partial charge in [0.25, 0.3) is 5.56 Å². The zero-order chi connectivity index (χ0) is 19.1. The van der Waals surface area contributed by atoms with Gasteiger partial charge in [0.1, 0.15) is 35.8 Å². The lowest BCUT2D eigenvalue weighted by Crippen LogP contribution is -2.33. The summed E-state index contributed by atoms with van der Waals surface area (Å²) in [4.78, 5) is 17.1. The van der Waals surface area contributed by atoms with Crippen molar-refractivity contribution in [2.45, 2.75) is 24.5 Å². The average molecular weight is 374 g/mol. The van der Waals surface area contributed by atoms with E-state index >= 15 is 0 Å². The first-order valence-electron chi connectivity index (χ1n) is 8.27. The Balaban J connectivity index is 1.75. The van der Waals surface area contributed by atoms with Crippen molar-refractivity contribution in [2.75, 3.05) is 13.7 Å². The van der Waals surface area contributed by atoms with E-state index in [4.69, 9.17) is 9.47 Å². The van der Waals surface area contributed by atoms with Gasteiger partial charge in [0.15, 0.2) is 11.9 Å². The SMILES string of the molecule is COc1ccc(-n2cnc3c(cnn3[C@@H]3O[C@@H](CO)[C@@H](O)[C@@H]3O)c2=O)cc1. The number of nitrogens with zero attached hydrogens (tertiary/aromatic N) is 4. The van der Waals surface area contributed by atoms with Gasteiger partial charge in [-0.25, -0.2) is 9.67 Å². The standard InChI is InChI=1S/C17H18N4O6/c1-26-10-4-2-9(3-5-10)20-8-18-15-11(16(20)25)6-19-21(15)17-14(24)13(23)12(7-22)27-17/h2-6,8,12-14,17,22-24H,7H2,1H3/t12-,13+,14-,17+/m0/s1. The van der Waals surface area contributed by atoms with Crippen LogP contribution in [0.3, 0.4) is 0 Å². The van der Waals surface area contributed by atoms with Gasteiger partial charge in [-0.05, 0) is 24.3 Å². The van der Waals surface area contributed by atoms with E-state index in [-0.39, 0.29) is 16.6 Å². The number of hydrogen-bond acceptors (Lipinski definition) is 8. The van der Waals surface area contributed by atoms with Crippen LogP contribution in [0, 0.1) is 0 Å². The van der Waals surface area contributed by atoms with Gasteiger partial charge in [0.05, 0.1) is 25.6 Å². The Hall–Kier alpha value is -2.79. The van der Waals surface area contributed by atoms with Crippen LogP contribution in [0.2, 0.25) is 0 Å². The van der Waals surface area contributed by atoms with Crippen LogP contribution < -0.4 is 10.3 Å². The van der Waals surface area contributed by atoms with Gasteiger partial charge in [-0.15, -0.1) is 0 Å². The quantitative estimate of drug-likeness (QED) is 0.541. The molecule has 0 aliphatic carbocycles. The molecular weight excluding hydrogens is 356 g/mol. The number of ether oxygens (including phenoxy) is 2. The number of rotatable bonds is 4. The van der Waals surface area contributed by atoms with E-state index in [0.717, 1.165) is 0 Å². The maximum absolute atomic E-state index is 12.8. The first kappa shape index (κ1) is 17.6. The minimum atomic E-state index is -1.31. The number of hydrogen-bond donors (Lipinski definition) is 3. The average Bonchev–Trinajstić information content (AvgIpc) is 3.24. The van der Waals surface area contributed by atoms with E-state index in [0.29, 0.717) is 11.4 Å². The maximum atomic E-state index is 12.8. The molecule has 1 saturated heterocycles. The van der Waals surface area contributed by atoms with Crippen molar-refractivity contribution in [3.63, 3.8) is 0 Å². The van der Waals surface area contributed by atoms with Crippen molar-refractivity contribution in [3.8, 4) is 11.4 Å². The molecule has 0 saturated carbocycles. The van der Waals surface area contributed by atoms with Crippen molar-refractivity contribution >= 4 is 11.0 Å². The number of methoxy groups -OCH3 is 1. The van der Waals surface area contributed by atoms with Crippen LogP contribution in [0.4, 0.5) is 0 Å². The predicted octanol–water partition coefficient (Wildman–Crippen LogP) is -0.798. The molecule has 0 radical (unpaired) electrons. The Kier molecular flexibility index (Phi) is 4.40. The highest BCUT2D eigenvalue weighted by molar-refractivity contribution is 5.73. The van der Waals surface area contributed by atoms with Crippen molar-refractivity contribution < 1.29 is 24.8 Å². The molecule has 27 heavy (non-hydrogen) atoms. The van der Waals surface area contributed by atoms with E-state index in [2.05, 4.69) is 10.1 Å². The predicted molar refractivity (Wildman–Crippen MR) is 92.7 cm³/mol. The van der Waals surface area contributed by atoms with Gasteiger partial charge in [-0.3, -0.25) is 9.36 Å². The minimum Gasteiger partial charge on any atom is -0.497 e. The fraction of sp³-hybridized carbons (Fsp3) is 0.353. The number of fused-ring (bicyclic) bond motifs is 1. The molecule has 3 N–H and O–H groups in total. The molecule has 0 unspecified atom stereocenters. The van der Waals surface area contributed by atoms with Crippen LogP contribution >= 0.6 is 0 Å². The second-order valence-electron chi connectivity index (χ2n) is 6.17. The molecule has 10 heteroatoms. The summed E-state index contributed by atoms with van der Waals surface area (Å²) < 4.78 is 13.2. The van der Waals surface area contributed by atoms with Crippen molar-refractivity contribution in [1.82, 2.24) is 19.3 Å². The summed E-state index contributed by atoms with van der Waals surface area (Å²) in [5, 5.41) is 33.6. The third-order valence-electron chi connectivity index (χ3n) is 4.62. The Bertz CT molecular complexity index is 1010. The number of aliphatic hydroxyl groups is 3. The fourth-order valence-electron chi connectivity index (χ4n) is 3.12. The van der Waals surface area contributed by atoms with Gasteiger partial charge in [-0.1, -0.05) is 0 Å². The summed E-state index contributed by atoms with van der Waals surface area (Å²) in [6.45, 7) is -0.453. The minimum absolute atomic E-state index is 0.208. The Morgan fingerprint density at radius 1 is 1.22 bits per heavy atom. The lowest BCUT2D eigenvalue weighted by atomic mass is 10.1. The third-order valence-corrected chi connectivity index (χ3v) is 4.62. The molecule has 10 nitrogen and oxygen atoms in total. The fourth-order valence-corrected chi connectivity index (χ4v) is 3.12. The van der Waals surface area contributed by atoms with E-state index in [1.165, 1.54) is 21.8 Å².